The van der Waals surface area contributed by atoms with Gasteiger partial charge >= 0.3 is 0 Å². The summed E-state index contributed by atoms with van der Waals surface area (Å²) in [7, 11) is 0. The zero-order valence-corrected chi connectivity index (χ0v) is 5.14. The lowest BCUT2D eigenvalue weighted by atomic mass is 10.1. The third kappa shape index (κ3) is 1.61. The fraction of sp³-hybridized carbons (Fsp3) is 1.00. The first-order valence-corrected chi connectivity index (χ1v) is 3.02. The molecule has 0 amide bonds. The number of nitrogens with two attached hydrogens (primary N) is 1. The Balaban J connectivity index is 2.30. The van der Waals surface area contributed by atoms with Crippen molar-refractivity contribution < 1.29 is 9.13 Å². The van der Waals surface area contributed by atoms with E-state index >= 15 is 0 Å². The van der Waals surface area contributed by atoms with Gasteiger partial charge in [0.1, 0.15) is 6.17 Å². The molecular formula is C5H11FN2O. The van der Waals surface area contributed by atoms with Crippen LogP contribution in [-0.4, -0.2) is 25.4 Å². The van der Waals surface area contributed by atoms with Gasteiger partial charge in [-0.1, -0.05) is 0 Å². The zero-order chi connectivity index (χ0) is 6.69. The highest BCUT2D eigenvalue weighted by atomic mass is 19.1. The zero-order valence-electron chi connectivity index (χ0n) is 5.14. The van der Waals surface area contributed by atoms with E-state index in [0.29, 0.717) is 13.0 Å². The Morgan fingerprint density at radius 2 is 2.44 bits per heavy atom. The molecule has 1 rings (SSSR count). The Bertz CT molecular complexity index is 91.0. The first kappa shape index (κ1) is 6.92. The van der Waals surface area contributed by atoms with E-state index in [9.17, 15) is 4.39 Å². The van der Waals surface area contributed by atoms with Crippen molar-refractivity contribution in [3.63, 3.8) is 0 Å². The molecule has 0 aliphatic carbocycles. The molecule has 1 aliphatic rings. The number of alkyl halides is 1. The summed E-state index contributed by atoms with van der Waals surface area (Å²) in [6, 6.07) is -0.209. The molecular weight excluding hydrogens is 123 g/mol. The average Bonchev–Trinajstić information content (AvgIpc) is 1.89. The molecule has 9 heavy (non-hydrogen) atoms. The summed E-state index contributed by atoms with van der Waals surface area (Å²) >= 11 is 0. The van der Waals surface area contributed by atoms with E-state index in [0.717, 1.165) is 0 Å². The molecule has 2 atom stereocenters. The third-order valence-corrected chi connectivity index (χ3v) is 1.50. The Kier molecular flexibility index (Phi) is 2.38. The highest BCUT2D eigenvalue weighted by molar-refractivity contribution is 4.76. The smallest absolute Gasteiger partial charge is 0.140 e. The predicted octanol–water partition coefficient (Wildman–Crippen LogP) is -0.423. The van der Waals surface area contributed by atoms with Crippen LogP contribution < -0.4 is 11.3 Å². The lowest BCUT2D eigenvalue weighted by Crippen LogP contribution is -2.47. The molecule has 0 spiro atoms. The number of hydrazine groups is 1. The maximum Gasteiger partial charge on any atom is 0.140 e. The van der Waals surface area contributed by atoms with Gasteiger partial charge in [0.25, 0.3) is 0 Å². The van der Waals surface area contributed by atoms with Crippen LogP contribution in [-0.2, 0) is 4.74 Å². The highest BCUT2D eigenvalue weighted by Gasteiger charge is 2.23. The summed E-state index contributed by atoms with van der Waals surface area (Å²) in [4.78, 5) is 0. The monoisotopic (exact) mass is 134 g/mol. The number of ether oxygens (including phenoxy) is 1. The van der Waals surface area contributed by atoms with Crippen LogP contribution in [0.25, 0.3) is 0 Å². The van der Waals surface area contributed by atoms with Gasteiger partial charge in [-0.2, -0.15) is 0 Å². The van der Waals surface area contributed by atoms with Gasteiger partial charge in [0.2, 0.25) is 0 Å². The number of halogens is 1. The van der Waals surface area contributed by atoms with Crippen LogP contribution in [0.2, 0.25) is 0 Å². The second kappa shape index (κ2) is 3.10. The third-order valence-electron chi connectivity index (χ3n) is 1.50. The van der Waals surface area contributed by atoms with E-state index in [1.807, 2.05) is 0 Å². The van der Waals surface area contributed by atoms with E-state index in [1.54, 1.807) is 0 Å². The molecule has 1 heterocycles. The maximum atomic E-state index is 12.6. The molecule has 3 N–H and O–H groups in total. The Labute approximate surface area is 53.3 Å². The van der Waals surface area contributed by atoms with E-state index in [1.165, 1.54) is 0 Å². The van der Waals surface area contributed by atoms with Crippen LogP contribution in [0.4, 0.5) is 4.39 Å². The molecule has 1 aliphatic heterocycles. The van der Waals surface area contributed by atoms with Crippen LogP contribution in [0.3, 0.4) is 0 Å². The summed E-state index contributed by atoms with van der Waals surface area (Å²) < 4.78 is 17.4. The molecule has 1 saturated heterocycles. The number of hydrogen-bond donors (Lipinski definition) is 2. The standard InChI is InChI=1S/C5H11FN2O/c6-4-3-9-2-1-5(4)8-7/h4-5,8H,1-3,7H2. The molecule has 0 saturated carbocycles. The molecule has 0 aromatic heterocycles. The topological polar surface area (TPSA) is 47.3 Å². The van der Waals surface area contributed by atoms with E-state index in [2.05, 4.69) is 5.43 Å². The molecule has 0 aromatic carbocycles. The summed E-state index contributed by atoms with van der Waals surface area (Å²) in [5.41, 5.74) is 2.40. The van der Waals surface area contributed by atoms with E-state index < -0.39 is 6.17 Å². The highest BCUT2D eigenvalue weighted by Crippen LogP contribution is 2.09. The van der Waals surface area contributed by atoms with Crippen LogP contribution in [0.15, 0.2) is 0 Å². The Morgan fingerprint density at radius 1 is 1.67 bits per heavy atom. The minimum atomic E-state index is -0.941. The van der Waals surface area contributed by atoms with Crippen LogP contribution in [0, 0.1) is 0 Å². The normalized spacial score (nSPS) is 36.7. The van der Waals surface area contributed by atoms with E-state index in [-0.39, 0.29) is 12.6 Å². The second-order valence-electron chi connectivity index (χ2n) is 2.15. The van der Waals surface area contributed by atoms with Gasteiger partial charge in [-0.3, -0.25) is 11.3 Å². The molecule has 0 aromatic rings. The summed E-state index contributed by atoms with van der Waals surface area (Å²) in [5.74, 6) is 5.05. The molecule has 1 fully saturated rings. The minimum Gasteiger partial charge on any atom is -0.378 e. The Hall–Kier alpha value is -0.190. The van der Waals surface area contributed by atoms with Crippen molar-refractivity contribution in [2.24, 2.45) is 5.84 Å². The van der Waals surface area contributed by atoms with Gasteiger partial charge in [-0.25, -0.2) is 4.39 Å². The first-order chi connectivity index (χ1) is 4.34. The van der Waals surface area contributed by atoms with Crippen molar-refractivity contribution in [2.45, 2.75) is 18.6 Å². The van der Waals surface area contributed by atoms with Gasteiger partial charge in [0.05, 0.1) is 12.6 Å². The van der Waals surface area contributed by atoms with Gasteiger partial charge in [-0.15, -0.1) is 0 Å². The van der Waals surface area contributed by atoms with Crippen molar-refractivity contribution >= 4 is 0 Å². The predicted molar refractivity (Wildman–Crippen MR) is 31.4 cm³/mol. The molecule has 0 radical (unpaired) electrons. The lowest BCUT2D eigenvalue weighted by Gasteiger charge is -2.24. The van der Waals surface area contributed by atoms with Crippen molar-refractivity contribution in [1.82, 2.24) is 5.43 Å². The summed E-state index contributed by atoms with van der Waals surface area (Å²) in [5, 5.41) is 0. The lowest BCUT2D eigenvalue weighted by molar-refractivity contribution is 0.0141. The summed E-state index contributed by atoms with van der Waals surface area (Å²) in [6.45, 7) is 0.782. The summed E-state index contributed by atoms with van der Waals surface area (Å²) in [6.07, 6.45) is -0.277. The van der Waals surface area contributed by atoms with Crippen molar-refractivity contribution in [3.8, 4) is 0 Å². The first-order valence-electron chi connectivity index (χ1n) is 3.02. The van der Waals surface area contributed by atoms with Gasteiger partial charge in [-0.05, 0) is 6.42 Å². The quantitative estimate of drug-likeness (QED) is 0.378. The van der Waals surface area contributed by atoms with Crippen molar-refractivity contribution in [1.29, 1.82) is 0 Å². The number of rotatable bonds is 1. The minimum absolute atomic E-state index is 0.175. The van der Waals surface area contributed by atoms with Crippen molar-refractivity contribution in [2.75, 3.05) is 13.2 Å². The van der Waals surface area contributed by atoms with Crippen molar-refractivity contribution in [3.05, 3.63) is 0 Å². The molecule has 0 bridgehead atoms. The van der Waals surface area contributed by atoms with Gasteiger partial charge < -0.3 is 4.74 Å². The molecule has 3 nitrogen and oxygen atoms in total. The molecule has 2 unspecified atom stereocenters. The maximum absolute atomic E-state index is 12.6. The van der Waals surface area contributed by atoms with E-state index in [4.69, 9.17) is 10.6 Å². The van der Waals surface area contributed by atoms with Gasteiger partial charge in [0.15, 0.2) is 0 Å². The molecule has 4 heteroatoms. The van der Waals surface area contributed by atoms with Crippen LogP contribution in [0.1, 0.15) is 6.42 Å². The van der Waals surface area contributed by atoms with Gasteiger partial charge in [0, 0.05) is 6.61 Å². The Morgan fingerprint density at radius 3 is 2.89 bits per heavy atom. The fourth-order valence-electron chi connectivity index (χ4n) is 0.891. The average molecular weight is 134 g/mol. The molecule has 54 valence electrons. The fourth-order valence-corrected chi connectivity index (χ4v) is 0.891. The SMILES string of the molecule is NNC1CCOCC1F. The largest absolute Gasteiger partial charge is 0.378 e. The number of nitrogens with one attached hydrogen (secondary N) is 1. The van der Waals surface area contributed by atoms with Crippen LogP contribution in [0.5, 0.6) is 0 Å². The second-order valence-corrected chi connectivity index (χ2v) is 2.15. The van der Waals surface area contributed by atoms with Crippen LogP contribution >= 0.6 is 0 Å². The number of hydrogen-bond acceptors (Lipinski definition) is 3.